The number of carbonyl (C=O) groups is 1. The molecule has 0 radical (unpaired) electrons. The zero-order valence-electron chi connectivity index (χ0n) is 11.4. The van der Waals surface area contributed by atoms with Crippen molar-refractivity contribution in [3.8, 4) is 5.75 Å². The highest BCUT2D eigenvalue weighted by Crippen LogP contribution is 2.16. The van der Waals surface area contributed by atoms with Gasteiger partial charge in [-0.05, 0) is 32.9 Å². The van der Waals surface area contributed by atoms with Gasteiger partial charge in [-0.25, -0.2) is 0 Å². The highest BCUT2D eigenvalue weighted by atomic mass is 16.5. The summed E-state index contributed by atoms with van der Waals surface area (Å²) in [7, 11) is 0. The fourth-order valence-electron chi connectivity index (χ4n) is 1.91. The van der Waals surface area contributed by atoms with Gasteiger partial charge in [0.15, 0.2) is 0 Å². The largest absolute Gasteiger partial charge is 0.492 e. The van der Waals surface area contributed by atoms with Crippen LogP contribution in [0.4, 0.5) is 0 Å². The average molecular weight is 259 g/mol. The van der Waals surface area contributed by atoms with Gasteiger partial charge >= 0.3 is 0 Å². The third-order valence-corrected chi connectivity index (χ3v) is 2.72. The number of hydrogen-bond donors (Lipinski definition) is 0. The fraction of sp³-hybridized carbons (Fsp3) is 0.357. The molecule has 2 rings (SSSR count). The summed E-state index contributed by atoms with van der Waals surface area (Å²) in [6.07, 6.45) is 3.15. The van der Waals surface area contributed by atoms with E-state index in [1.165, 1.54) is 0 Å². The van der Waals surface area contributed by atoms with E-state index in [9.17, 15) is 4.79 Å². The van der Waals surface area contributed by atoms with E-state index in [4.69, 9.17) is 4.74 Å². The van der Waals surface area contributed by atoms with Crippen LogP contribution in [-0.2, 0) is 6.54 Å². The van der Waals surface area contributed by atoms with Crippen LogP contribution in [0.2, 0.25) is 0 Å². The Labute approximate surface area is 112 Å². The molecule has 2 heterocycles. The van der Waals surface area contributed by atoms with Crippen molar-refractivity contribution < 1.29 is 9.53 Å². The number of rotatable bonds is 5. The number of carbonyl (C=O) groups excluding carboxylic acids is 1. The van der Waals surface area contributed by atoms with Crippen LogP contribution in [0.1, 0.15) is 35.6 Å². The van der Waals surface area contributed by atoms with Gasteiger partial charge in [-0.3, -0.25) is 14.5 Å². The van der Waals surface area contributed by atoms with Gasteiger partial charge in [0.2, 0.25) is 5.78 Å². The third kappa shape index (κ3) is 2.81. The molecule has 0 N–H and O–H groups in total. The number of hydrogen-bond acceptors (Lipinski definition) is 4. The van der Waals surface area contributed by atoms with Crippen molar-refractivity contribution in [2.24, 2.45) is 0 Å². The highest BCUT2D eigenvalue weighted by molar-refractivity contribution is 6.07. The average Bonchev–Trinajstić information content (AvgIpc) is 2.80. The van der Waals surface area contributed by atoms with Crippen molar-refractivity contribution in [3.05, 3.63) is 41.5 Å². The number of aromatic nitrogens is 3. The Morgan fingerprint density at radius 3 is 2.79 bits per heavy atom. The maximum absolute atomic E-state index is 12.4. The van der Waals surface area contributed by atoms with Crippen LogP contribution in [0.25, 0.3) is 0 Å². The predicted molar refractivity (Wildman–Crippen MR) is 71.5 cm³/mol. The van der Waals surface area contributed by atoms with Gasteiger partial charge in [-0.2, -0.15) is 5.10 Å². The Morgan fingerprint density at radius 1 is 1.32 bits per heavy atom. The lowest BCUT2D eigenvalue weighted by Gasteiger charge is -2.06. The molecule has 100 valence electrons. The predicted octanol–water partition coefficient (Wildman–Crippen LogP) is 2.24. The number of nitrogens with zero attached hydrogens (tertiary/aromatic N) is 3. The molecule has 19 heavy (non-hydrogen) atoms. The molecule has 0 amide bonds. The molecule has 0 spiro atoms. The Bertz CT molecular complexity index is 590. The molecule has 0 saturated carbocycles. The van der Waals surface area contributed by atoms with E-state index in [1.807, 2.05) is 20.8 Å². The maximum Gasteiger partial charge on any atom is 0.212 e. The summed E-state index contributed by atoms with van der Waals surface area (Å²) in [4.78, 5) is 16.5. The van der Waals surface area contributed by atoms with Crippen molar-refractivity contribution in [1.82, 2.24) is 14.8 Å². The minimum atomic E-state index is -0.0866. The lowest BCUT2D eigenvalue weighted by atomic mass is 10.1. The SMILES string of the molecule is CCOc1cncc(C(=O)c2cc(C)nn2CC)c1. The van der Waals surface area contributed by atoms with Gasteiger partial charge in [0.05, 0.1) is 18.5 Å². The Hall–Kier alpha value is -2.17. The molecular weight excluding hydrogens is 242 g/mol. The van der Waals surface area contributed by atoms with Crippen molar-refractivity contribution in [3.63, 3.8) is 0 Å². The summed E-state index contributed by atoms with van der Waals surface area (Å²) in [5.41, 5.74) is 1.93. The third-order valence-electron chi connectivity index (χ3n) is 2.72. The van der Waals surface area contributed by atoms with Crippen molar-refractivity contribution in [1.29, 1.82) is 0 Å². The minimum Gasteiger partial charge on any atom is -0.492 e. The molecule has 2 aromatic rings. The standard InChI is InChI=1S/C14H17N3O2/c1-4-17-13(6-10(3)16-17)14(18)11-7-12(19-5-2)9-15-8-11/h6-9H,4-5H2,1-3H3. The molecule has 5 nitrogen and oxygen atoms in total. The highest BCUT2D eigenvalue weighted by Gasteiger charge is 2.16. The van der Waals surface area contributed by atoms with Gasteiger partial charge in [0, 0.05) is 18.3 Å². The number of ether oxygens (including phenoxy) is 1. The van der Waals surface area contributed by atoms with Crippen LogP contribution in [0.15, 0.2) is 24.5 Å². The minimum absolute atomic E-state index is 0.0866. The maximum atomic E-state index is 12.4. The van der Waals surface area contributed by atoms with Crippen LogP contribution in [0.3, 0.4) is 0 Å². The van der Waals surface area contributed by atoms with Crippen LogP contribution < -0.4 is 4.74 Å². The molecule has 0 fully saturated rings. The van der Waals surface area contributed by atoms with Crippen LogP contribution in [0.5, 0.6) is 5.75 Å². The van der Waals surface area contributed by atoms with Crippen molar-refractivity contribution in [2.45, 2.75) is 27.3 Å². The van der Waals surface area contributed by atoms with Crippen LogP contribution in [0, 0.1) is 6.92 Å². The Balaban J connectivity index is 2.35. The zero-order chi connectivity index (χ0) is 13.8. The number of aryl methyl sites for hydroxylation is 2. The molecular formula is C14H17N3O2. The van der Waals surface area contributed by atoms with Crippen molar-refractivity contribution >= 4 is 5.78 Å². The van der Waals surface area contributed by atoms with E-state index in [2.05, 4.69) is 10.1 Å². The molecule has 5 heteroatoms. The smallest absolute Gasteiger partial charge is 0.212 e. The first-order valence-corrected chi connectivity index (χ1v) is 6.32. The molecule has 0 aromatic carbocycles. The Kier molecular flexibility index (Phi) is 3.94. The molecule has 0 aliphatic carbocycles. The molecule has 0 aliphatic rings. The molecule has 0 bridgehead atoms. The fourth-order valence-corrected chi connectivity index (χ4v) is 1.91. The topological polar surface area (TPSA) is 57.0 Å². The van der Waals surface area contributed by atoms with E-state index in [0.29, 0.717) is 30.2 Å². The second kappa shape index (κ2) is 5.65. The van der Waals surface area contributed by atoms with E-state index < -0.39 is 0 Å². The van der Waals surface area contributed by atoms with Gasteiger partial charge in [-0.15, -0.1) is 0 Å². The molecule has 0 saturated heterocycles. The summed E-state index contributed by atoms with van der Waals surface area (Å²) < 4.78 is 7.06. The van der Waals surface area contributed by atoms with Crippen molar-refractivity contribution in [2.75, 3.05) is 6.61 Å². The van der Waals surface area contributed by atoms with Gasteiger partial charge in [0.25, 0.3) is 0 Å². The second-order valence-electron chi connectivity index (χ2n) is 4.16. The first kappa shape index (κ1) is 13.3. The van der Waals surface area contributed by atoms with Crippen LogP contribution >= 0.6 is 0 Å². The molecule has 0 aliphatic heterocycles. The normalized spacial score (nSPS) is 10.5. The Morgan fingerprint density at radius 2 is 2.11 bits per heavy atom. The first-order chi connectivity index (χ1) is 9.15. The lowest BCUT2D eigenvalue weighted by Crippen LogP contribution is -2.11. The van der Waals surface area contributed by atoms with E-state index >= 15 is 0 Å². The van der Waals surface area contributed by atoms with E-state index in [1.54, 1.807) is 29.2 Å². The monoisotopic (exact) mass is 259 g/mol. The van der Waals surface area contributed by atoms with Gasteiger partial charge < -0.3 is 4.74 Å². The van der Waals surface area contributed by atoms with E-state index in [-0.39, 0.29) is 5.78 Å². The molecule has 0 atom stereocenters. The van der Waals surface area contributed by atoms with Gasteiger partial charge in [-0.1, -0.05) is 0 Å². The summed E-state index contributed by atoms with van der Waals surface area (Å²) >= 11 is 0. The quantitative estimate of drug-likeness (QED) is 0.773. The first-order valence-electron chi connectivity index (χ1n) is 6.32. The van der Waals surface area contributed by atoms with Gasteiger partial charge in [0.1, 0.15) is 11.4 Å². The summed E-state index contributed by atoms with van der Waals surface area (Å²) in [5.74, 6) is 0.518. The summed E-state index contributed by atoms with van der Waals surface area (Å²) in [6.45, 7) is 6.93. The number of ketones is 1. The lowest BCUT2D eigenvalue weighted by molar-refractivity contribution is 0.102. The van der Waals surface area contributed by atoms with E-state index in [0.717, 1.165) is 5.69 Å². The summed E-state index contributed by atoms with van der Waals surface area (Å²) in [6, 6.07) is 3.50. The number of pyridine rings is 1. The molecule has 0 unspecified atom stereocenters. The van der Waals surface area contributed by atoms with Crippen LogP contribution in [-0.4, -0.2) is 27.2 Å². The molecule has 2 aromatic heterocycles. The summed E-state index contributed by atoms with van der Waals surface area (Å²) in [5, 5.41) is 4.28. The zero-order valence-corrected chi connectivity index (χ0v) is 11.4. The second-order valence-corrected chi connectivity index (χ2v) is 4.16.